The Morgan fingerprint density at radius 2 is 2.04 bits per heavy atom. The fourth-order valence-electron chi connectivity index (χ4n) is 2.43. The van der Waals surface area contributed by atoms with Gasteiger partial charge in [0, 0.05) is 30.7 Å². The molecule has 3 rings (SSSR count). The third-order valence-corrected chi connectivity index (χ3v) is 3.74. The minimum atomic E-state index is -0.471. The van der Waals surface area contributed by atoms with Crippen molar-refractivity contribution in [1.29, 1.82) is 0 Å². The summed E-state index contributed by atoms with van der Waals surface area (Å²) in [7, 11) is 1.81. The maximum Gasteiger partial charge on any atom is 0.319 e. The second-order valence-electron chi connectivity index (χ2n) is 5.90. The molecule has 0 aliphatic rings. The number of carbonyl (C=O) groups excluding carboxylic acids is 1. The van der Waals surface area contributed by atoms with Crippen LogP contribution in [0, 0.1) is 12.7 Å². The number of aromatic nitrogens is 4. The molecule has 2 aromatic heterocycles. The summed E-state index contributed by atoms with van der Waals surface area (Å²) in [6.07, 6.45) is 6.89. The zero-order valence-electron chi connectivity index (χ0n) is 14.2. The Labute approximate surface area is 144 Å². The first kappa shape index (κ1) is 16.7. The van der Waals surface area contributed by atoms with Gasteiger partial charge in [-0.1, -0.05) is 0 Å². The first-order chi connectivity index (χ1) is 11.9. The second-order valence-corrected chi connectivity index (χ2v) is 5.90. The molecule has 0 saturated heterocycles. The number of carbonyl (C=O) groups is 1. The second kappa shape index (κ2) is 6.76. The van der Waals surface area contributed by atoms with Gasteiger partial charge in [-0.3, -0.25) is 4.68 Å². The summed E-state index contributed by atoms with van der Waals surface area (Å²) in [4.78, 5) is 12.1. The highest BCUT2D eigenvalue weighted by molar-refractivity contribution is 5.89. The highest BCUT2D eigenvalue weighted by Crippen LogP contribution is 2.18. The molecule has 0 fully saturated rings. The maximum absolute atomic E-state index is 14.3. The number of aryl methyl sites for hydroxylation is 2. The van der Waals surface area contributed by atoms with Gasteiger partial charge in [0.1, 0.15) is 5.69 Å². The summed E-state index contributed by atoms with van der Waals surface area (Å²) < 4.78 is 17.4. The number of amides is 2. The van der Waals surface area contributed by atoms with Crippen LogP contribution in [0.5, 0.6) is 0 Å². The van der Waals surface area contributed by atoms with Crippen molar-refractivity contribution in [3.05, 3.63) is 59.9 Å². The number of anilines is 1. The van der Waals surface area contributed by atoms with Crippen LogP contribution in [-0.2, 0) is 7.05 Å². The topological polar surface area (TPSA) is 76.8 Å². The largest absolute Gasteiger partial charge is 0.331 e. The molecule has 0 spiro atoms. The predicted octanol–water partition coefficient (Wildman–Crippen LogP) is 2.94. The maximum atomic E-state index is 14.3. The van der Waals surface area contributed by atoms with E-state index in [9.17, 15) is 9.18 Å². The molecule has 0 aliphatic heterocycles. The zero-order valence-corrected chi connectivity index (χ0v) is 14.2. The lowest BCUT2D eigenvalue weighted by Crippen LogP contribution is -2.31. The summed E-state index contributed by atoms with van der Waals surface area (Å²) in [5.74, 6) is -0.471. The summed E-state index contributed by atoms with van der Waals surface area (Å²) in [5.41, 5.74) is 2.50. The van der Waals surface area contributed by atoms with Gasteiger partial charge in [-0.2, -0.15) is 10.2 Å². The number of hydrogen-bond donors (Lipinski definition) is 2. The molecule has 1 atom stereocenters. The molecule has 0 aliphatic carbocycles. The van der Waals surface area contributed by atoms with Crippen molar-refractivity contribution in [3.63, 3.8) is 0 Å². The molecule has 2 heterocycles. The van der Waals surface area contributed by atoms with Crippen molar-refractivity contribution in [2.75, 3.05) is 5.32 Å². The molecule has 0 radical (unpaired) electrons. The van der Waals surface area contributed by atoms with Gasteiger partial charge in [0.2, 0.25) is 0 Å². The van der Waals surface area contributed by atoms with Crippen LogP contribution in [0.15, 0.2) is 43.0 Å². The van der Waals surface area contributed by atoms with E-state index in [1.165, 1.54) is 10.7 Å². The molecule has 1 aromatic carbocycles. The lowest BCUT2D eigenvalue weighted by molar-refractivity contribution is 0.249. The standard InChI is InChI=1S/C17H19FN6O/c1-11-7-20-24(9-11)16-5-4-14(6-15(16)18)22-17(25)21-12(2)13-8-19-23(3)10-13/h4-10,12H,1-3H3,(H2,21,22,25)/t12-/m0/s1. The van der Waals surface area contributed by atoms with Gasteiger partial charge in [0.05, 0.1) is 18.4 Å². The van der Waals surface area contributed by atoms with Gasteiger partial charge in [-0.25, -0.2) is 13.9 Å². The number of halogens is 1. The smallest absolute Gasteiger partial charge is 0.319 e. The minimum Gasteiger partial charge on any atom is -0.331 e. The highest BCUT2D eigenvalue weighted by atomic mass is 19.1. The average Bonchev–Trinajstić information content (AvgIpc) is 3.16. The van der Waals surface area contributed by atoms with Gasteiger partial charge in [-0.15, -0.1) is 0 Å². The molecule has 130 valence electrons. The van der Waals surface area contributed by atoms with Crippen molar-refractivity contribution < 1.29 is 9.18 Å². The van der Waals surface area contributed by atoms with E-state index >= 15 is 0 Å². The van der Waals surface area contributed by atoms with Gasteiger partial charge in [-0.05, 0) is 37.6 Å². The van der Waals surface area contributed by atoms with E-state index in [2.05, 4.69) is 20.8 Å². The normalized spacial score (nSPS) is 12.0. The monoisotopic (exact) mass is 342 g/mol. The van der Waals surface area contributed by atoms with E-state index in [1.54, 1.807) is 35.4 Å². The first-order valence-corrected chi connectivity index (χ1v) is 7.79. The third kappa shape index (κ3) is 3.85. The van der Waals surface area contributed by atoms with E-state index in [1.807, 2.05) is 27.1 Å². The molecule has 3 aromatic rings. The van der Waals surface area contributed by atoms with E-state index < -0.39 is 11.8 Å². The Morgan fingerprint density at radius 1 is 1.24 bits per heavy atom. The van der Waals surface area contributed by atoms with Gasteiger partial charge in [0.25, 0.3) is 0 Å². The number of hydrogen-bond acceptors (Lipinski definition) is 3. The summed E-state index contributed by atoms with van der Waals surface area (Å²) in [6, 6.07) is 3.83. The predicted molar refractivity (Wildman–Crippen MR) is 92.0 cm³/mol. The molecule has 0 unspecified atom stereocenters. The van der Waals surface area contributed by atoms with Crippen LogP contribution < -0.4 is 10.6 Å². The van der Waals surface area contributed by atoms with Crippen molar-refractivity contribution in [2.24, 2.45) is 7.05 Å². The molecular formula is C17H19FN6O. The number of urea groups is 1. The van der Waals surface area contributed by atoms with Crippen LogP contribution in [0.25, 0.3) is 5.69 Å². The van der Waals surface area contributed by atoms with E-state index in [0.29, 0.717) is 11.4 Å². The molecular weight excluding hydrogens is 323 g/mol. The molecule has 25 heavy (non-hydrogen) atoms. The lowest BCUT2D eigenvalue weighted by Gasteiger charge is -2.13. The van der Waals surface area contributed by atoms with Crippen LogP contribution >= 0.6 is 0 Å². The van der Waals surface area contributed by atoms with E-state index in [-0.39, 0.29) is 6.04 Å². The van der Waals surface area contributed by atoms with Crippen molar-refractivity contribution in [3.8, 4) is 5.69 Å². The molecule has 8 heteroatoms. The summed E-state index contributed by atoms with van der Waals surface area (Å²) in [5, 5.41) is 13.6. The van der Waals surface area contributed by atoms with Crippen LogP contribution in [0.1, 0.15) is 24.1 Å². The van der Waals surface area contributed by atoms with Gasteiger partial charge < -0.3 is 10.6 Å². The molecule has 0 bridgehead atoms. The van der Waals surface area contributed by atoms with Crippen molar-refractivity contribution in [2.45, 2.75) is 19.9 Å². The number of nitrogens with zero attached hydrogens (tertiary/aromatic N) is 4. The van der Waals surface area contributed by atoms with Crippen LogP contribution in [0.3, 0.4) is 0 Å². The molecule has 0 saturated carbocycles. The Kier molecular flexibility index (Phi) is 4.51. The molecule has 7 nitrogen and oxygen atoms in total. The Bertz CT molecular complexity index is 900. The first-order valence-electron chi connectivity index (χ1n) is 7.79. The fourth-order valence-corrected chi connectivity index (χ4v) is 2.43. The third-order valence-electron chi connectivity index (χ3n) is 3.74. The number of rotatable bonds is 4. The SMILES string of the molecule is Cc1cnn(-c2ccc(NC(=O)N[C@@H](C)c3cnn(C)c3)cc2F)c1. The van der Waals surface area contributed by atoms with Crippen molar-refractivity contribution >= 4 is 11.7 Å². The molecule has 2 amide bonds. The quantitative estimate of drug-likeness (QED) is 0.765. The van der Waals surface area contributed by atoms with E-state index in [0.717, 1.165) is 11.1 Å². The Hall–Kier alpha value is -3.16. The Balaban J connectivity index is 1.66. The van der Waals surface area contributed by atoms with E-state index in [4.69, 9.17) is 0 Å². The van der Waals surface area contributed by atoms with Crippen LogP contribution in [-0.4, -0.2) is 25.6 Å². The van der Waals surface area contributed by atoms with Crippen LogP contribution in [0.4, 0.5) is 14.9 Å². The zero-order chi connectivity index (χ0) is 18.0. The lowest BCUT2D eigenvalue weighted by atomic mass is 10.2. The average molecular weight is 342 g/mol. The van der Waals surface area contributed by atoms with Crippen LogP contribution in [0.2, 0.25) is 0 Å². The van der Waals surface area contributed by atoms with Gasteiger partial charge in [0.15, 0.2) is 5.82 Å². The molecule has 2 N–H and O–H groups in total. The fraction of sp³-hybridized carbons (Fsp3) is 0.235. The van der Waals surface area contributed by atoms with Gasteiger partial charge >= 0.3 is 6.03 Å². The minimum absolute atomic E-state index is 0.218. The Morgan fingerprint density at radius 3 is 2.64 bits per heavy atom. The number of nitrogens with one attached hydrogen (secondary N) is 2. The number of benzene rings is 1. The van der Waals surface area contributed by atoms with Crippen molar-refractivity contribution in [1.82, 2.24) is 24.9 Å². The highest BCUT2D eigenvalue weighted by Gasteiger charge is 2.12. The summed E-state index contributed by atoms with van der Waals surface area (Å²) in [6.45, 7) is 3.73. The summed E-state index contributed by atoms with van der Waals surface area (Å²) >= 11 is 0.